The maximum atomic E-state index is 9.85. The third kappa shape index (κ3) is 2.77. The van der Waals surface area contributed by atoms with Crippen molar-refractivity contribution in [3.8, 4) is 11.5 Å². The zero-order chi connectivity index (χ0) is 14.9. The average molecular weight is 275 g/mol. The number of phenols is 2. The highest BCUT2D eigenvalue weighted by atomic mass is 16.3. The molecule has 1 aromatic carbocycles. The van der Waals surface area contributed by atoms with E-state index in [1.165, 1.54) is 17.7 Å². The van der Waals surface area contributed by atoms with Crippen molar-refractivity contribution in [1.82, 2.24) is 15.1 Å². The summed E-state index contributed by atoms with van der Waals surface area (Å²) in [5.41, 5.74) is 3.98. The lowest BCUT2D eigenvalue weighted by atomic mass is 10.1. The van der Waals surface area contributed by atoms with Crippen molar-refractivity contribution >= 4 is 0 Å². The Kier molecular flexibility index (Phi) is 3.99. The predicted octanol–water partition coefficient (Wildman–Crippen LogP) is 2.30. The molecular formula is C15H21N3O2. The lowest BCUT2D eigenvalue weighted by Crippen LogP contribution is -2.19. The van der Waals surface area contributed by atoms with Crippen molar-refractivity contribution in [2.24, 2.45) is 7.05 Å². The fourth-order valence-electron chi connectivity index (χ4n) is 2.33. The highest BCUT2D eigenvalue weighted by Gasteiger charge is 2.14. The third-order valence-electron chi connectivity index (χ3n) is 3.72. The Morgan fingerprint density at radius 1 is 1.30 bits per heavy atom. The van der Waals surface area contributed by atoms with Crippen LogP contribution in [0.5, 0.6) is 11.5 Å². The molecule has 2 aromatic rings. The van der Waals surface area contributed by atoms with Crippen molar-refractivity contribution in [1.29, 1.82) is 0 Å². The van der Waals surface area contributed by atoms with Crippen molar-refractivity contribution < 1.29 is 10.2 Å². The molecule has 0 fully saturated rings. The summed E-state index contributed by atoms with van der Waals surface area (Å²) < 4.78 is 1.86. The Hall–Kier alpha value is -2.01. The van der Waals surface area contributed by atoms with Gasteiger partial charge in [0.25, 0.3) is 0 Å². The molecule has 0 saturated heterocycles. The molecule has 1 heterocycles. The zero-order valence-electron chi connectivity index (χ0n) is 12.3. The lowest BCUT2D eigenvalue weighted by Gasteiger charge is -2.16. The van der Waals surface area contributed by atoms with Gasteiger partial charge in [0.15, 0.2) is 0 Å². The first-order chi connectivity index (χ1) is 9.40. The van der Waals surface area contributed by atoms with Gasteiger partial charge in [-0.05, 0) is 39.0 Å². The number of nitrogens with one attached hydrogen (secondary N) is 1. The van der Waals surface area contributed by atoms with E-state index in [1.54, 1.807) is 6.07 Å². The fraction of sp³-hybridized carbons (Fsp3) is 0.400. The van der Waals surface area contributed by atoms with Crippen LogP contribution in [-0.2, 0) is 13.6 Å². The topological polar surface area (TPSA) is 70.3 Å². The van der Waals surface area contributed by atoms with E-state index in [4.69, 9.17) is 0 Å². The molecule has 2 rings (SSSR count). The summed E-state index contributed by atoms with van der Waals surface area (Å²) >= 11 is 0. The van der Waals surface area contributed by atoms with Gasteiger partial charge in [0.2, 0.25) is 0 Å². The number of aryl methyl sites for hydroxylation is 2. The molecule has 1 atom stereocenters. The first-order valence-electron chi connectivity index (χ1n) is 6.64. The molecule has 0 spiro atoms. The van der Waals surface area contributed by atoms with Gasteiger partial charge in [0.05, 0.1) is 5.69 Å². The Morgan fingerprint density at radius 3 is 2.60 bits per heavy atom. The quantitative estimate of drug-likeness (QED) is 0.749. The molecule has 1 unspecified atom stereocenters. The molecule has 5 nitrogen and oxygen atoms in total. The van der Waals surface area contributed by atoms with Gasteiger partial charge in [-0.25, -0.2) is 0 Å². The summed E-state index contributed by atoms with van der Waals surface area (Å²) in [5.74, 6) is 0.336. The Morgan fingerprint density at radius 2 is 2.00 bits per heavy atom. The molecule has 0 aliphatic heterocycles. The second-order valence-electron chi connectivity index (χ2n) is 5.12. The summed E-state index contributed by atoms with van der Waals surface area (Å²) in [6.45, 7) is 6.64. The first kappa shape index (κ1) is 14.4. The molecule has 0 aliphatic rings. The third-order valence-corrected chi connectivity index (χ3v) is 3.72. The van der Waals surface area contributed by atoms with Crippen molar-refractivity contribution in [3.63, 3.8) is 0 Å². The Labute approximate surface area is 118 Å². The first-order valence-corrected chi connectivity index (χ1v) is 6.64. The molecule has 0 saturated carbocycles. The van der Waals surface area contributed by atoms with Crippen LogP contribution in [0.25, 0.3) is 0 Å². The lowest BCUT2D eigenvalue weighted by molar-refractivity contribution is 0.440. The van der Waals surface area contributed by atoms with E-state index in [2.05, 4.69) is 10.4 Å². The maximum absolute atomic E-state index is 9.85. The molecule has 0 amide bonds. The van der Waals surface area contributed by atoms with Crippen molar-refractivity contribution in [2.45, 2.75) is 33.4 Å². The molecule has 20 heavy (non-hydrogen) atoms. The van der Waals surface area contributed by atoms with E-state index in [0.29, 0.717) is 12.1 Å². The minimum absolute atomic E-state index is 0.0684. The molecule has 1 aromatic heterocycles. The van der Waals surface area contributed by atoms with Crippen molar-refractivity contribution in [2.75, 3.05) is 0 Å². The number of nitrogens with zero attached hydrogens (tertiary/aromatic N) is 2. The summed E-state index contributed by atoms with van der Waals surface area (Å²) in [7, 11) is 1.93. The van der Waals surface area contributed by atoms with Gasteiger partial charge in [-0.3, -0.25) is 4.68 Å². The fourth-order valence-corrected chi connectivity index (χ4v) is 2.33. The standard InChI is InChI=1S/C15H21N3O2/c1-9(13-7-12(19)5-6-15(13)20)16-8-14-10(2)17-18(4)11(14)3/h5-7,9,16,19-20H,8H2,1-4H3. The number of hydrogen-bond acceptors (Lipinski definition) is 4. The molecule has 0 aliphatic carbocycles. The highest BCUT2D eigenvalue weighted by molar-refractivity contribution is 5.40. The van der Waals surface area contributed by atoms with E-state index < -0.39 is 0 Å². The van der Waals surface area contributed by atoms with E-state index in [1.807, 2.05) is 32.5 Å². The maximum Gasteiger partial charge on any atom is 0.120 e. The van der Waals surface area contributed by atoms with Crippen LogP contribution < -0.4 is 5.32 Å². The largest absolute Gasteiger partial charge is 0.508 e. The number of phenolic OH excluding ortho intramolecular Hbond substituents is 2. The van der Waals surface area contributed by atoms with E-state index >= 15 is 0 Å². The van der Waals surface area contributed by atoms with Crippen LogP contribution in [0.3, 0.4) is 0 Å². The van der Waals surface area contributed by atoms with Gasteiger partial charge in [-0.1, -0.05) is 0 Å². The van der Waals surface area contributed by atoms with Gasteiger partial charge in [0, 0.05) is 36.5 Å². The van der Waals surface area contributed by atoms with Gasteiger partial charge in [0.1, 0.15) is 11.5 Å². The van der Waals surface area contributed by atoms with Crippen LogP contribution in [0.15, 0.2) is 18.2 Å². The summed E-state index contributed by atoms with van der Waals surface area (Å²) in [6, 6.07) is 4.49. The molecule has 0 radical (unpaired) electrons. The normalized spacial score (nSPS) is 12.6. The van der Waals surface area contributed by atoms with E-state index in [9.17, 15) is 10.2 Å². The number of aromatic hydroxyl groups is 2. The van der Waals surface area contributed by atoms with Gasteiger partial charge in [-0.2, -0.15) is 5.10 Å². The smallest absolute Gasteiger partial charge is 0.120 e. The molecule has 3 N–H and O–H groups in total. The van der Waals surface area contributed by atoms with Gasteiger partial charge < -0.3 is 15.5 Å². The van der Waals surface area contributed by atoms with Crippen LogP contribution in [0.1, 0.15) is 35.5 Å². The monoisotopic (exact) mass is 275 g/mol. The minimum atomic E-state index is -0.0684. The number of aromatic nitrogens is 2. The van der Waals surface area contributed by atoms with Crippen LogP contribution in [0.2, 0.25) is 0 Å². The summed E-state index contributed by atoms with van der Waals surface area (Å²) in [6.07, 6.45) is 0. The van der Waals surface area contributed by atoms with E-state index in [-0.39, 0.29) is 17.5 Å². The second-order valence-corrected chi connectivity index (χ2v) is 5.12. The summed E-state index contributed by atoms with van der Waals surface area (Å²) in [4.78, 5) is 0. The number of rotatable bonds is 4. The van der Waals surface area contributed by atoms with Crippen molar-refractivity contribution in [3.05, 3.63) is 40.7 Å². The Bertz CT molecular complexity index is 620. The molecular weight excluding hydrogens is 254 g/mol. The van der Waals surface area contributed by atoms with Crippen LogP contribution in [0.4, 0.5) is 0 Å². The average Bonchev–Trinajstić information content (AvgIpc) is 2.64. The SMILES string of the molecule is Cc1nn(C)c(C)c1CNC(C)c1cc(O)ccc1O. The number of hydrogen-bond donors (Lipinski definition) is 3. The highest BCUT2D eigenvalue weighted by Crippen LogP contribution is 2.28. The van der Waals surface area contributed by atoms with Crippen LogP contribution in [0, 0.1) is 13.8 Å². The van der Waals surface area contributed by atoms with E-state index in [0.717, 1.165) is 11.4 Å². The number of benzene rings is 1. The molecule has 108 valence electrons. The second kappa shape index (κ2) is 5.54. The van der Waals surface area contributed by atoms with Crippen LogP contribution in [-0.4, -0.2) is 20.0 Å². The summed E-state index contributed by atoms with van der Waals surface area (Å²) in [5, 5.41) is 27.1. The predicted molar refractivity (Wildman–Crippen MR) is 77.7 cm³/mol. The van der Waals surface area contributed by atoms with Gasteiger partial charge >= 0.3 is 0 Å². The molecule has 0 bridgehead atoms. The van der Waals surface area contributed by atoms with Crippen LogP contribution >= 0.6 is 0 Å². The minimum Gasteiger partial charge on any atom is -0.508 e. The van der Waals surface area contributed by atoms with Gasteiger partial charge in [-0.15, -0.1) is 0 Å². The zero-order valence-corrected chi connectivity index (χ0v) is 12.3. The Balaban J connectivity index is 2.12. The molecule has 5 heteroatoms.